The second kappa shape index (κ2) is 7.75. The van der Waals surface area contributed by atoms with E-state index >= 15 is 0 Å². The van der Waals surface area contributed by atoms with Gasteiger partial charge in [-0.15, -0.1) is 10.2 Å². The van der Waals surface area contributed by atoms with Crippen molar-refractivity contribution in [2.45, 2.75) is 83.3 Å². The highest BCUT2D eigenvalue weighted by Gasteiger charge is 2.32. The lowest BCUT2D eigenvalue weighted by atomic mass is 9.69. The van der Waals surface area contributed by atoms with Gasteiger partial charge in [-0.25, -0.2) is 0 Å². The van der Waals surface area contributed by atoms with E-state index in [1.54, 1.807) is 0 Å². The van der Waals surface area contributed by atoms with Crippen molar-refractivity contribution in [1.82, 2.24) is 25.4 Å². The van der Waals surface area contributed by atoms with E-state index in [-0.39, 0.29) is 0 Å². The molecular weight excluding hydrogens is 312 g/mol. The summed E-state index contributed by atoms with van der Waals surface area (Å²) in [5, 5.41) is 15.8. The fraction of sp³-hybridized carbons (Fsp3) is 0.842. The van der Waals surface area contributed by atoms with Gasteiger partial charge in [-0.2, -0.15) is 0 Å². The molecule has 2 N–H and O–H groups in total. The van der Waals surface area contributed by atoms with Crippen LogP contribution in [0.15, 0.2) is 4.99 Å². The van der Waals surface area contributed by atoms with Crippen LogP contribution in [0.5, 0.6) is 0 Å². The Bertz CT molecular complexity index is 607. The number of nitrogens with one attached hydrogen (secondary N) is 2. The molecule has 3 aliphatic rings. The molecule has 0 spiro atoms. The average Bonchev–Trinajstić information content (AvgIpc) is 3.08. The molecule has 4 rings (SSSR count). The van der Waals surface area contributed by atoms with Crippen molar-refractivity contribution in [3.63, 3.8) is 0 Å². The number of aliphatic imine (C=N–C) groups is 1. The van der Waals surface area contributed by atoms with Gasteiger partial charge in [0.05, 0.1) is 6.54 Å². The van der Waals surface area contributed by atoms with Gasteiger partial charge in [0, 0.05) is 26.1 Å². The van der Waals surface area contributed by atoms with Crippen molar-refractivity contribution in [3.8, 4) is 0 Å². The van der Waals surface area contributed by atoms with E-state index in [2.05, 4.69) is 30.4 Å². The Kier molecular flexibility index (Phi) is 5.22. The summed E-state index contributed by atoms with van der Waals surface area (Å²) < 4.78 is 2.27. The summed E-state index contributed by atoms with van der Waals surface area (Å²) in [6.45, 7) is 1.75. The first kappa shape index (κ1) is 16.9. The largest absolute Gasteiger partial charge is 0.354 e. The van der Waals surface area contributed by atoms with Gasteiger partial charge < -0.3 is 15.2 Å². The fourth-order valence-electron chi connectivity index (χ4n) is 5.05. The molecule has 2 fully saturated rings. The number of aromatic nitrogens is 3. The number of guanidine groups is 1. The maximum absolute atomic E-state index is 4.43. The first-order valence-corrected chi connectivity index (χ1v) is 10.2. The SMILES string of the molecule is CN=C(NCc1nnc2n1CCCC2)NC1CCC2CCCCC2C1. The zero-order chi connectivity index (χ0) is 17.1. The van der Waals surface area contributed by atoms with Crippen LogP contribution < -0.4 is 10.6 Å². The minimum Gasteiger partial charge on any atom is -0.354 e. The van der Waals surface area contributed by atoms with E-state index in [1.807, 2.05) is 7.05 Å². The second-order valence-electron chi connectivity index (χ2n) is 8.03. The Balaban J connectivity index is 1.30. The molecular formula is C19H32N6. The number of nitrogens with zero attached hydrogens (tertiary/aromatic N) is 4. The van der Waals surface area contributed by atoms with E-state index in [9.17, 15) is 0 Å². The number of fused-ring (bicyclic) bond motifs is 2. The molecule has 138 valence electrons. The second-order valence-corrected chi connectivity index (χ2v) is 8.03. The van der Waals surface area contributed by atoms with Crippen LogP contribution >= 0.6 is 0 Å². The minimum atomic E-state index is 0.567. The highest BCUT2D eigenvalue weighted by molar-refractivity contribution is 5.79. The standard InChI is InChI=1S/C19H32N6/c1-20-19(21-13-18-24-23-17-8-4-5-11-25(17)18)22-16-10-9-14-6-2-3-7-15(14)12-16/h14-16H,2-13H2,1H3,(H2,20,21,22). The summed E-state index contributed by atoms with van der Waals surface area (Å²) >= 11 is 0. The van der Waals surface area contributed by atoms with Crippen molar-refractivity contribution >= 4 is 5.96 Å². The van der Waals surface area contributed by atoms with Gasteiger partial charge in [0.1, 0.15) is 5.82 Å². The lowest BCUT2D eigenvalue weighted by Crippen LogP contribution is -2.46. The van der Waals surface area contributed by atoms with Crippen LogP contribution in [-0.2, 0) is 19.5 Å². The van der Waals surface area contributed by atoms with Crippen molar-refractivity contribution in [1.29, 1.82) is 0 Å². The summed E-state index contributed by atoms with van der Waals surface area (Å²) in [7, 11) is 1.86. The summed E-state index contributed by atoms with van der Waals surface area (Å²) in [4.78, 5) is 4.43. The molecule has 0 bridgehead atoms. The third-order valence-corrected chi connectivity index (χ3v) is 6.45. The van der Waals surface area contributed by atoms with E-state index in [0.29, 0.717) is 12.6 Å². The van der Waals surface area contributed by atoms with Crippen LogP contribution in [0.4, 0.5) is 0 Å². The number of hydrogen-bond acceptors (Lipinski definition) is 3. The van der Waals surface area contributed by atoms with Gasteiger partial charge in [0.25, 0.3) is 0 Å². The maximum atomic E-state index is 4.43. The molecule has 0 aromatic carbocycles. The van der Waals surface area contributed by atoms with Crippen molar-refractivity contribution in [2.24, 2.45) is 16.8 Å². The Hall–Kier alpha value is -1.59. The number of aryl methyl sites for hydroxylation is 1. The van der Waals surface area contributed by atoms with Crippen molar-refractivity contribution < 1.29 is 0 Å². The van der Waals surface area contributed by atoms with Crippen LogP contribution in [0, 0.1) is 11.8 Å². The monoisotopic (exact) mass is 344 g/mol. The predicted molar refractivity (Wildman–Crippen MR) is 99.4 cm³/mol. The first-order chi connectivity index (χ1) is 12.3. The molecule has 1 aromatic heterocycles. The molecule has 2 aliphatic carbocycles. The molecule has 0 saturated heterocycles. The lowest BCUT2D eigenvalue weighted by molar-refractivity contribution is 0.150. The average molecular weight is 345 g/mol. The Labute approximate surface area is 150 Å². The van der Waals surface area contributed by atoms with Crippen LogP contribution in [0.25, 0.3) is 0 Å². The molecule has 6 nitrogen and oxygen atoms in total. The number of rotatable bonds is 3. The quantitative estimate of drug-likeness (QED) is 0.653. The van der Waals surface area contributed by atoms with E-state index in [0.717, 1.165) is 42.4 Å². The van der Waals surface area contributed by atoms with Crippen molar-refractivity contribution in [3.05, 3.63) is 11.6 Å². The van der Waals surface area contributed by atoms with E-state index in [1.165, 1.54) is 57.8 Å². The van der Waals surface area contributed by atoms with Gasteiger partial charge >= 0.3 is 0 Å². The Morgan fingerprint density at radius 3 is 2.84 bits per heavy atom. The summed E-state index contributed by atoms with van der Waals surface area (Å²) in [6, 6.07) is 0.567. The van der Waals surface area contributed by atoms with Gasteiger partial charge in [0.15, 0.2) is 11.8 Å². The number of hydrogen-bond donors (Lipinski definition) is 2. The molecule has 1 aliphatic heterocycles. The topological polar surface area (TPSA) is 67.1 Å². The van der Waals surface area contributed by atoms with Gasteiger partial charge in [0.2, 0.25) is 0 Å². The first-order valence-electron chi connectivity index (χ1n) is 10.2. The van der Waals surface area contributed by atoms with Crippen LogP contribution in [0.3, 0.4) is 0 Å². The highest BCUT2D eigenvalue weighted by Crippen LogP contribution is 2.40. The molecule has 25 heavy (non-hydrogen) atoms. The molecule has 1 aromatic rings. The molecule has 0 radical (unpaired) electrons. The molecule has 3 unspecified atom stereocenters. The van der Waals surface area contributed by atoms with Crippen LogP contribution in [-0.4, -0.2) is 33.8 Å². The normalized spacial score (nSPS) is 29.6. The molecule has 3 atom stereocenters. The molecule has 0 amide bonds. The predicted octanol–water partition coefficient (Wildman–Crippen LogP) is 2.64. The summed E-state index contributed by atoms with van der Waals surface area (Å²) in [5.41, 5.74) is 0. The summed E-state index contributed by atoms with van der Waals surface area (Å²) in [5.74, 6) is 5.01. The lowest BCUT2D eigenvalue weighted by Gasteiger charge is -2.39. The third-order valence-electron chi connectivity index (χ3n) is 6.45. The Morgan fingerprint density at radius 2 is 1.96 bits per heavy atom. The highest BCUT2D eigenvalue weighted by atomic mass is 15.3. The molecule has 6 heteroatoms. The zero-order valence-electron chi connectivity index (χ0n) is 15.5. The zero-order valence-corrected chi connectivity index (χ0v) is 15.5. The molecule has 2 saturated carbocycles. The Morgan fingerprint density at radius 1 is 1.08 bits per heavy atom. The van der Waals surface area contributed by atoms with Crippen molar-refractivity contribution in [2.75, 3.05) is 7.05 Å². The van der Waals surface area contributed by atoms with E-state index < -0.39 is 0 Å². The van der Waals surface area contributed by atoms with Gasteiger partial charge in [-0.3, -0.25) is 4.99 Å². The molecule has 2 heterocycles. The summed E-state index contributed by atoms with van der Waals surface area (Å²) in [6.07, 6.45) is 13.3. The smallest absolute Gasteiger partial charge is 0.191 e. The van der Waals surface area contributed by atoms with Gasteiger partial charge in [-0.1, -0.05) is 25.7 Å². The van der Waals surface area contributed by atoms with Crippen LogP contribution in [0.2, 0.25) is 0 Å². The third kappa shape index (κ3) is 3.82. The maximum Gasteiger partial charge on any atom is 0.191 e. The van der Waals surface area contributed by atoms with Crippen LogP contribution in [0.1, 0.15) is 69.4 Å². The van der Waals surface area contributed by atoms with E-state index in [4.69, 9.17) is 0 Å². The minimum absolute atomic E-state index is 0.567. The fourth-order valence-corrected chi connectivity index (χ4v) is 5.05. The van der Waals surface area contributed by atoms with Gasteiger partial charge in [-0.05, 0) is 43.9 Å².